The van der Waals surface area contributed by atoms with Gasteiger partial charge < -0.3 is 19.9 Å². The smallest absolute Gasteiger partial charge is 0.194 e. The number of ether oxygens (including phenoxy) is 1. The highest BCUT2D eigenvalue weighted by atomic mass is 32.2. The number of benzene rings is 2. The summed E-state index contributed by atoms with van der Waals surface area (Å²) in [7, 11) is 0.482. The molecule has 1 saturated heterocycles. The Kier molecular flexibility index (Phi) is 7.20. The maximum absolute atomic E-state index is 11.4. The summed E-state index contributed by atoms with van der Waals surface area (Å²) in [5.74, 6) is 1.83. The Labute approximate surface area is 179 Å². The van der Waals surface area contributed by atoms with Crippen LogP contribution in [0, 0.1) is 0 Å². The average Bonchev–Trinajstić information content (AvgIpc) is 2.74. The maximum atomic E-state index is 11.4. The lowest BCUT2D eigenvalue weighted by Gasteiger charge is -2.38. The molecular formula is C22H30N4O3S. The number of guanidine groups is 1. The first-order valence-corrected chi connectivity index (χ1v) is 12.0. The second-order valence-corrected chi connectivity index (χ2v) is 9.57. The highest BCUT2D eigenvalue weighted by Crippen LogP contribution is 2.28. The molecule has 2 aromatic rings. The van der Waals surface area contributed by atoms with Crippen molar-refractivity contribution >= 4 is 21.5 Å². The largest absolute Gasteiger partial charge is 0.495 e. The molecule has 7 nitrogen and oxygen atoms in total. The number of hydrogen-bond acceptors (Lipinski definition) is 5. The summed E-state index contributed by atoms with van der Waals surface area (Å²) >= 11 is 0. The van der Waals surface area contributed by atoms with Crippen LogP contribution >= 0.6 is 0 Å². The van der Waals surface area contributed by atoms with Crippen molar-refractivity contribution in [3.05, 3.63) is 59.7 Å². The van der Waals surface area contributed by atoms with Gasteiger partial charge in [-0.2, -0.15) is 0 Å². The van der Waals surface area contributed by atoms with E-state index in [0.29, 0.717) is 6.54 Å². The van der Waals surface area contributed by atoms with Crippen molar-refractivity contribution in [2.75, 3.05) is 51.5 Å². The third-order valence-corrected chi connectivity index (χ3v) is 5.98. The molecule has 162 valence electrons. The number of anilines is 1. The van der Waals surface area contributed by atoms with E-state index in [1.807, 2.05) is 42.5 Å². The second-order valence-electron chi connectivity index (χ2n) is 7.43. The van der Waals surface area contributed by atoms with E-state index in [0.717, 1.165) is 54.7 Å². The molecule has 0 radical (unpaired) electrons. The SMILES string of the molecule is CN=C(NCc1ccc(CS(C)(=O)=O)cc1)N1CCN(c2ccccc2OC)CC1. The average molecular weight is 431 g/mol. The highest BCUT2D eigenvalue weighted by Gasteiger charge is 2.21. The summed E-state index contributed by atoms with van der Waals surface area (Å²) < 4.78 is 28.3. The van der Waals surface area contributed by atoms with Crippen molar-refractivity contribution in [1.82, 2.24) is 10.2 Å². The molecule has 0 saturated carbocycles. The summed E-state index contributed by atoms with van der Waals surface area (Å²) in [4.78, 5) is 9.02. The molecule has 1 heterocycles. The van der Waals surface area contributed by atoms with E-state index in [1.54, 1.807) is 14.2 Å². The lowest BCUT2D eigenvalue weighted by Crippen LogP contribution is -2.52. The molecule has 0 aliphatic carbocycles. The van der Waals surface area contributed by atoms with Gasteiger partial charge in [0.2, 0.25) is 0 Å². The summed E-state index contributed by atoms with van der Waals surface area (Å²) in [6.07, 6.45) is 1.25. The predicted molar refractivity (Wildman–Crippen MR) is 122 cm³/mol. The van der Waals surface area contributed by atoms with Gasteiger partial charge in [-0.1, -0.05) is 36.4 Å². The van der Waals surface area contributed by atoms with Crippen LogP contribution in [0.1, 0.15) is 11.1 Å². The summed E-state index contributed by atoms with van der Waals surface area (Å²) in [5.41, 5.74) is 3.01. The molecule has 0 atom stereocenters. The van der Waals surface area contributed by atoms with Crippen LogP contribution in [0.5, 0.6) is 5.75 Å². The predicted octanol–water partition coefficient (Wildman–Crippen LogP) is 2.14. The molecule has 2 aromatic carbocycles. The fraction of sp³-hybridized carbons (Fsp3) is 0.409. The Hall–Kier alpha value is -2.74. The fourth-order valence-electron chi connectivity index (χ4n) is 3.62. The molecule has 30 heavy (non-hydrogen) atoms. The third-order valence-electron chi connectivity index (χ3n) is 5.12. The maximum Gasteiger partial charge on any atom is 0.194 e. The van der Waals surface area contributed by atoms with Crippen molar-refractivity contribution in [1.29, 1.82) is 0 Å². The number of para-hydroxylation sites is 2. The monoisotopic (exact) mass is 430 g/mol. The van der Waals surface area contributed by atoms with Crippen molar-refractivity contribution in [2.24, 2.45) is 4.99 Å². The molecule has 1 fully saturated rings. The zero-order valence-electron chi connectivity index (χ0n) is 17.8. The van der Waals surface area contributed by atoms with E-state index in [2.05, 4.69) is 26.2 Å². The van der Waals surface area contributed by atoms with Crippen LogP contribution in [-0.4, -0.2) is 65.9 Å². The Morgan fingerprint density at radius 2 is 1.67 bits per heavy atom. The molecule has 1 aliphatic heterocycles. The van der Waals surface area contributed by atoms with Gasteiger partial charge in [0.25, 0.3) is 0 Å². The zero-order valence-corrected chi connectivity index (χ0v) is 18.7. The van der Waals surface area contributed by atoms with Crippen LogP contribution in [-0.2, 0) is 22.1 Å². The minimum atomic E-state index is -3.02. The topological polar surface area (TPSA) is 74.2 Å². The summed E-state index contributed by atoms with van der Waals surface area (Å²) in [6.45, 7) is 4.15. The lowest BCUT2D eigenvalue weighted by molar-refractivity contribution is 0.367. The van der Waals surface area contributed by atoms with E-state index in [-0.39, 0.29) is 5.75 Å². The molecule has 0 amide bonds. The minimum absolute atomic E-state index is 0.0683. The van der Waals surface area contributed by atoms with Gasteiger partial charge in [0.05, 0.1) is 18.6 Å². The fourth-order valence-corrected chi connectivity index (χ4v) is 4.42. The van der Waals surface area contributed by atoms with Gasteiger partial charge >= 0.3 is 0 Å². The Bertz CT molecular complexity index is 966. The Morgan fingerprint density at radius 3 is 2.27 bits per heavy atom. The normalized spacial score (nSPS) is 15.2. The number of sulfone groups is 1. The number of aliphatic imine (C=N–C) groups is 1. The molecule has 0 bridgehead atoms. The molecule has 3 rings (SSSR count). The van der Waals surface area contributed by atoms with E-state index < -0.39 is 9.84 Å². The first-order chi connectivity index (χ1) is 14.4. The first-order valence-electron chi connectivity index (χ1n) is 9.98. The highest BCUT2D eigenvalue weighted by molar-refractivity contribution is 7.89. The number of nitrogens with zero attached hydrogens (tertiary/aromatic N) is 3. The van der Waals surface area contributed by atoms with Gasteiger partial charge in [-0.15, -0.1) is 0 Å². The molecule has 8 heteroatoms. The molecule has 0 unspecified atom stereocenters. The summed E-state index contributed by atoms with van der Waals surface area (Å²) in [5, 5.41) is 3.41. The van der Waals surface area contributed by atoms with Crippen LogP contribution in [0.4, 0.5) is 5.69 Å². The Morgan fingerprint density at radius 1 is 1.03 bits per heavy atom. The van der Waals surface area contributed by atoms with Crippen LogP contribution in [0.3, 0.4) is 0 Å². The molecule has 0 spiro atoms. The summed E-state index contributed by atoms with van der Waals surface area (Å²) in [6, 6.07) is 15.8. The van der Waals surface area contributed by atoms with Gasteiger partial charge in [-0.25, -0.2) is 8.42 Å². The van der Waals surface area contributed by atoms with Crippen molar-refractivity contribution in [3.8, 4) is 5.75 Å². The van der Waals surface area contributed by atoms with Crippen LogP contribution in [0.2, 0.25) is 0 Å². The molecular weight excluding hydrogens is 400 g/mol. The third kappa shape index (κ3) is 5.89. The van der Waals surface area contributed by atoms with Gasteiger partial charge in [0.1, 0.15) is 5.75 Å². The first kappa shape index (κ1) is 22.0. The quantitative estimate of drug-likeness (QED) is 0.559. The van der Waals surface area contributed by atoms with Gasteiger partial charge in [-0.3, -0.25) is 4.99 Å². The van der Waals surface area contributed by atoms with E-state index in [1.165, 1.54) is 6.26 Å². The van der Waals surface area contributed by atoms with Gasteiger partial charge in [-0.05, 0) is 23.3 Å². The Balaban J connectivity index is 1.54. The van der Waals surface area contributed by atoms with Crippen LogP contribution in [0.25, 0.3) is 0 Å². The number of nitrogens with one attached hydrogen (secondary N) is 1. The van der Waals surface area contributed by atoms with Gasteiger partial charge in [0.15, 0.2) is 15.8 Å². The molecule has 1 N–H and O–H groups in total. The number of hydrogen-bond donors (Lipinski definition) is 1. The lowest BCUT2D eigenvalue weighted by atomic mass is 10.1. The van der Waals surface area contributed by atoms with Crippen molar-refractivity contribution in [3.63, 3.8) is 0 Å². The van der Waals surface area contributed by atoms with E-state index in [4.69, 9.17) is 4.74 Å². The van der Waals surface area contributed by atoms with E-state index in [9.17, 15) is 8.42 Å². The van der Waals surface area contributed by atoms with Crippen molar-refractivity contribution in [2.45, 2.75) is 12.3 Å². The second kappa shape index (κ2) is 9.84. The van der Waals surface area contributed by atoms with E-state index >= 15 is 0 Å². The number of piperazine rings is 1. The zero-order chi connectivity index (χ0) is 21.6. The van der Waals surface area contributed by atoms with Crippen LogP contribution < -0.4 is 15.0 Å². The van der Waals surface area contributed by atoms with Crippen molar-refractivity contribution < 1.29 is 13.2 Å². The number of rotatable bonds is 6. The number of methoxy groups -OCH3 is 1. The van der Waals surface area contributed by atoms with Crippen LogP contribution in [0.15, 0.2) is 53.5 Å². The molecule has 1 aliphatic rings. The molecule has 0 aromatic heterocycles. The van der Waals surface area contributed by atoms with Gasteiger partial charge in [0, 0.05) is 46.0 Å². The minimum Gasteiger partial charge on any atom is -0.495 e. The standard InChI is InChI=1S/C22H30N4O3S/c1-23-22(24-16-18-8-10-19(11-9-18)17-30(3,27)28)26-14-12-25(13-15-26)20-6-4-5-7-21(20)29-2/h4-11H,12-17H2,1-3H3,(H,23,24).